The fourth-order valence-electron chi connectivity index (χ4n) is 10.6. The molecule has 11 heteroatoms. The summed E-state index contributed by atoms with van der Waals surface area (Å²) in [7, 11) is 0. The molecule has 4 saturated heterocycles. The van der Waals surface area contributed by atoms with E-state index in [0.29, 0.717) is 77.6 Å². The summed E-state index contributed by atoms with van der Waals surface area (Å²) in [4.78, 5) is 19.3. The van der Waals surface area contributed by atoms with E-state index in [1.54, 1.807) is 0 Å². The topological polar surface area (TPSA) is 87.7 Å². The van der Waals surface area contributed by atoms with Crippen molar-refractivity contribution in [3.8, 4) is 6.01 Å². The smallest absolute Gasteiger partial charge is 0.319 e. The van der Waals surface area contributed by atoms with Gasteiger partial charge in [-0.25, -0.2) is 8.78 Å². The number of nitrogens with zero attached hydrogens (tertiary/aromatic N) is 5. The molecule has 2 aromatic rings. The summed E-state index contributed by atoms with van der Waals surface area (Å²) in [6.45, 7) is 8.11. The zero-order valence-electron chi connectivity index (χ0n) is 26.4. The van der Waals surface area contributed by atoms with Crippen LogP contribution in [0.1, 0.15) is 69.9 Å². The molecular formula is C34H47F2N7O2. The van der Waals surface area contributed by atoms with Crippen molar-refractivity contribution < 1.29 is 18.3 Å². The Morgan fingerprint density at radius 2 is 2.07 bits per heavy atom. The van der Waals surface area contributed by atoms with Crippen molar-refractivity contribution in [1.29, 1.82) is 0 Å². The molecule has 6 unspecified atom stereocenters. The van der Waals surface area contributed by atoms with Crippen LogP contribution >= 0.6 is 0 Å². The number of piperidine rings is 1. The quantitative estimate of drug-likeness (QED) is 0.522. The lowest BCUT2D eigenvalue weighted by Crippen LogP contribution is -2.45. The van der Waals surface area contributed by atoms with Crippen molar-refractivity contribution in [1.82, 2.24) is 30.7 Å². The predicted molar refractivity (Wildman–Crippen MR) is 166 cm³/mol. The van der Waals surface area contributed by atoms with E-state index >= 15 is 4.39 Å². The number of hydrogen-bond donors (Lipinski definition) is 2. The first-order valence-corrected chi connectivity index (χ1v) is 17.7. The molecule has 0 aromatic carbocycles. The number of alkyl halides is 1. The average molecular weight is 624 g/mol. The Balaban J connectivity index is 1.15. The highest BCUT2D eigenvalue weighted by atomic mass is 19.1. The van der Waals surface area contributed by atoms with Crippen molar-refractivity contribution in [3.63, 3.8) is 0 Å². The van der Waals surface area contributed by atoms with Crippen molar-refractivity contribution in [2.75, 3.05) is 57.4 Å². The van der Waals surface area contributed by atoms with Gasteiger partial charge in [0.15, 0.2) is 5.82 Å². The van der Waals surface area contributed by atoms with Crippen LogP contribution in [-0.4, -0.2) is 90.1 Å². The minimum absolute atomic E-state index is 0.0124. The van der Waals surface area contributed by atoms with Crippen molar-refractivity contribution in [2.24, 2.45) is 35.5 Å². The molecule has 244 valence electrons. The highest BCUT2D eigenvalue weighted by molar-refractivity contribution is 5.90. The summed E-state index contributed by atoms with van der Waals surface area (Å²) < 4.78 is 44.5. The van der Waals surface area contributed by atoms with Crippen LogP contribution in [0.15, 0.2) is 6.20 Å². The summed E-state index contributed by atoms with van der Waals surface area (Å²) in [5, 5.41) is 0.655. The molecule has 6 bridgehead atoms. The van der Waals surface area contributed by atoms with Crippen molar-refractivity contribution in [3.05, 3.63) is 17.7 Å². The predicted octanol–water partition coefficient (Wildman–Crippen LogP) is 4.22. The normalized spacial score (nSPS) is 41.2. The minimum atomic E-state index is -0.838. The molecule has 6 aliphatic heterocycles. The molecule has 8 aliphatic rings. The fraction of sp³-hybridized carbons (Fsp3) is 0.794. The number of rotatable bonds is 3. The third kappa shape index (κ3) is 4.93. The molecule has 2 saturated carbocycles. The van der Waals surface area contributed by atoms with Crippen LogP contribution in [0.2, 0.25) is 0 Å². The summed E-state index contributed by atoms with van der Waals surface area (Å²) in [5.41, 5.74) is 7.41. The Morgan fingerprint density at radius 1 is 1.13 bits per heavy atom. The Bertz CT molecular complexity index is 1450. The lowest BCUT2D eigenvalue weighted by atomic mass is 9.62. The van der Waals surface area contributed by atoms with Crippen LogP contribution in [0.3, 0.4) is 0 Å². The number of aromatic nitrogens is 3. The van der Waals surface area contributed by atoms with E-state index in [0.717, 1.165) is 84.3 Å². The molecular weight excluding hydrogens is 576 g/mol. The number of ether oxygens (including phenoxy) is 2. The van der Waals surface area contributed by atoms with Gasteiger partial charge in [0.2, 0.25) is 0 Å². The second-order valence-electron chi connectivity index (χ2n) is 15.5. The highest BCUT2D eigenvalue weighted by Crippen LogP contribution is 2.58. The van der Waals surface area contributed by atoms with E-state index in [1.165, 1.54) is 0 Å². The van der Waals surface area contributed by atoms with Gasteiger partial charge in [-0.1, -0.05) is 6.92 Å². The summed E-state index contributed by atoms with van der Waals surface area (Å²) >= 11 is 0. The van der Waals surface area contributed by atoms with Gasteiger partial charge in [-0.05, 0) is 87.0 Å². The van der Waals surface area contributed by atoms with E-state index in [9.17, 15) is 4.39 Å². The molecule has 10 atom stereocenters. The molecule has 8 heterocycles. The zero-order chi connectivity index (χ0) is 30.3. The first-order valence-electron chi connectivity index (χ1n) is 17.7. The van der Waals surface area contributed by atoms with E-state index in [1.807, 2.05) is 6.20 Å². The number of fused-ring (bicyclic) bond motifs is 6. The molecule has 6 fully saturated rings. The Labute approximate surface area is 264 Å². The van der Waals surface area contributed by atoms with Crippen LogP contribution < -0.4 is 20.5 Å². The van der Waals surface area contributed by atoms with Gasteiger partial charge in [0.25, 0.3) is 0 Å². The van der Waals surface area contributed by atoms with Gasteiger partial charge in [0.1, 0.15) is 24.1 Å². The van der Waals surface area contributed by atoms with Crippen LogP contribution in [0.25, 0.3) is 10.9 Å². The number of halogens is 2. The molecule has 2 aromatic heterocycles. The molecule has 9 nitrogen and oxygen atoms in total. The van der Waals surface area contributed by atoms with Gasteiger partial charge >= 0.3 is 6.01 Å². The maximum absolute atomic E-state index is 17.2. The van der Waals surface area contributed by atoms with Gasteiger partial charge in [0.05, 0.1) is 16.6 Å². The molecule has 2 N–H and O–H groups in total. The standard InChI is InChI=1S/C34H47F2N7O2/c1-19-10-26-24(14-38-41-26)28-27(19)23-11-21(23)17-44-9-5-20-4-2-7-42(15-20)32-25-13-37-31(28)29(36)30(25)39-33(40-32)45-18-34-6-3-8-43(34)16-22(35)12-34/h13,19-24,26-28,38,41H,2-12,14-18H2,1H3/t19?,20-,21-,22+,23?,24?,26?,27?,28?,34-/m0/s1. The first kappa shape index (κ1) is 29.0. The number of hydrazine groups is 1. The summed E-state index contributed by atoms with van der Waals surface area (Å²) in [5.74, 6) is 2.98. The fourth-order valence-corrected chi connectivity index (χ4v) is 10.6. The van der Waals surface area contributed by atoms with Gasteiger partial charge < -0.3 is 14.4 Å². The van der Waals surface area contributed by atoms with Crippen LogP contribution in [-0.2, 0) is 4.74 Å². The molecule has 0 amide bonds. The van der Waals surface area contributed by atoms with E-state index in [-0.39, 0.29) is 29.2 Å². The number of nitrogens with one attached hydrogen (secondary N) is 2. The highest BCUT2D eigenvalue weighted by Gasteiger charge is 2.56. The molecule has 45 heavy (non-hydrogen) atoms. The maximum atomic E-state index is 17.2. The molecule has 10 rings (SSSR count). The second-order valence-corrected chi connectivity index (χ2v) is 15.5. The van der Waals surface area contributed by atoms with Gasteiger partial charge in [-0.15, -0.1) is 0 Å². The molecule has 0 spiro atoms. The molecule has 2 aliphatic carbocycles. The molecule has 0 radical (unpaired) electrons. The first-order chi connectivity index (χ1) is 22.0. The van der Waals surface area contributed by atoms with E-state index < -0.39 is 6.17 Å². The Hall–Kier alpha value is -2.21. The Kier molecular flexibility index (Phi) is 7.21. The van der Waals surface area contributed by atoms with E-state index in [4.69, 9.17) is 24.4 Å². The van der Waals surface area contributed by atoms with Crippen LogP contribution in [0.5, 0.6) is 6.01 Å². The number of anilines is 1. The van der Waals surface area contributed by atoms with Crippen molar-refractivity contribution >= 4 is 16.7 Å². The van der Waals surface area contributed by atoms with E-state index in [2.05, 4.69) is 27.6 Å². The SMILES string of the molecule is CC1CC2NNCC2C2c3ncc4c(nc(OC[C@@]56CCCN5C[C@H](F)C6)nc4c3F)N3CCC[C@@H](CCOC[C@@H]4CC4C12)C3. The van der Waals surface area contributed by atoms with Crippen molar-refractivity contribution in [2.45, 2.75) is 82.0 Å². The summed E-state index contributed by atoms with van der Waals surface area (Å²) in [6, 6.07) is 0.489. The second kappa shape index (κ2) is 11.2. The average Bonchev–Trinajstić information content (AvgIpc) is 3.28. The van der Waals surface area contributed by atoms with Gasteiger partial charge in [-0.3, -0.25) is 20.7 Å². The van der Waals surface area contributed by atoms with Gasteiger partial charge in [-0.2, -0.15) is 9.97 Å². The zero-order valence-corrected chi connectivity index (χ0v) is 26.4. The van der Waals surface area contributed by atoms with Gasteiger partial charge in [0, 0.05) is 64.0 Å². The lowest BCUT2D eigenvalue weighted by Gasteiger charge is -2.44. The Morgan fingerprint density at radius 3 is 3.00 bits per heavy atom. The summed E-state index contributed by atoms with van der Waals surface area (Å²) in [6.07, 6.45) is 8.88. The maximum Gasteiger partial charge on any atom is 0.319 e. The minimum Gasteiger partial charge on any atom is -0.461 e. The largest absolute Gasteiger partial charge is 0.461 e. The number of hydrogen-bond acceptors (Lipinski definition) is 9. The third-order valence-electron chi connectivity index (χ3n) is 12.8. The van der Waals surface area contributed by atoms with Crippen LogP contribution in [0, 0.1) is 41.3 Å². The van der Waals surface area contributed by atoms with Crippen LogP contribution in [0.4, 0.5) is 14.6 Å². The third-order valence-corrected chi connectivity index (χ3v) is 12.8. The number of pyridine rings is 1. The lowest BCUT2D eigenvalue weighted by molar-refractivity contribution is 0.0834. The monoisotopic (exact) mass is 623 g/mol.